The van der Waals surface area contributed by atoms with Crippen LogP contribution >= 0.6 is 11.3 Å². The highest BCUT2D eigenvalue weighted by molar-refractivity contribution is 7.15. The van der Waals surface area contributed by atoms with Gasteiger partial charge in [0.2, 0.25) is 0 Å². The number of aromatic nitrogens is 3. The normalized spacial score (nSPS) is 15.1. The number of nitrogens with one attached hydrogen (secondary N) is 1. The summed E-state index contributed by atoms with van der Waals surface area (Å²) in [6.45, 7) is 6.28. The molecule has 0 aromatic carbocycles. The maximum atomic E-state index is 12.6. The zero-order valence-corrected chi connectivity index (χ0v) is 15.1. The van der Waals surface area contributed by atoms with E-state index in [0.29, 0.717) is 10.8 Å². The van der Waals surface area contributed by atoms with Gasteiger partial charge in [-0.15, -0.1) is 11.3 Å². The maximum Gasteiger partial charge on any atom is 0.275 e. The van der Waals surface area contributed by atoms with Crippen molar-refractivity contribution in [3.8, 4) is 0 Å². The van der Waals surface area contributed by atoms with E-state index in [0.717, 1.165) is 18.5 Å². The highest BCUT2D eigenvalue weighted by atomic mass is 32.1. The summed E-state index contributed by atoms with van der Waals surface area (Å²) in [6.07, 6.45) is 5.81. The van der Waals surface area contributed by atoms with Gasteiger partial charge in [0.25, 0.3) is 5.91 Å². The van der Waals surface area contributed by atoms with Crippen molar-refractivity contribution in [3.05, 3.63) is 28.0 Å². The van der Waals surface area contributed by atoms with E-state index < -0.39 is 0 Å². The Bertz CT molecular complexity index is 700. The Hall–Kier alpha value is -1.69. The molecule has 0 aliphatic heterocycles. The largest absolute Gasteiger partial charge is 0.296 e. The minimum atomic E-state index is -0.139. The molecule has 0 atom stereocenters. The van der Waals surface area contributed by atoms with Gasteiger partial charge in [0, 0.05) is 17.3 Å². The van der Waals surface area contributed by atoms with Crippen molar-refractivity contribution in [1.29, 1.82) is 0 Å². The fraction of sp³-hybridized carbons (Fsp3) is 0.588. The summed E-state index contributed by atoms with van der Waals surface area (Å²) in [5, 5.41) is 8.12. The Morgan fingerprint density at radius 1 is 1.26 bits per heavy atom. The number of carbonyl (C=O) groups excluding carboxylic acids is 1. The summed E-state index contributed by atoms with van der Waals surface area (Å²) in [5.41, 5.74) is 2.58. The molecule has 1 aliphatic rings. The van der Waals surface area contributed by atoms with Crippen LogP contribution < -0.4 is 5.32 Å². The number of fused-ring (bicyclic) bond motifs is 1. The highest BCUT2D eigenvalue weighted by Gasteiger charge is 2.23. The first-order chi connectivity index (χ1) is 10.8. The Kier molecular flexibility index (Phi) is 4.27. The van der Waals surface area contributed by atoms with Crippen LogP contribution in [0.4, 0.5) is 5.13 Å². The number of anilines is 1. The average Bonchev–Trinajstić information content (AvgIpc) is 2.96. The molecule has 6 heteroatoms. The molecule has 0 spiro atoms. The molecule has 0 radical (unpaired) electrons. The van der Waals surface area contributed by atoms with Crippen LogP contribution in [0.2, 0.25) is 0 Å². The van der Waals surface area contributed by atoms with Gasteiger partial charge in [0.1, 0.15) is 5.69 Å². The summed E-state index contributed by atoms with van der Waals surface area (Å²) < 4.78 is 1.65. The van der Waals surface area contributed by atoms with Crippen molar-refractivity contribution >= 4 is 22.4 Å². The monoisotopic (exact) mass is 332 g/mol. The van der Waals surface area contributed by atoms with Crippen molar-refractivity contribution in [2.45, 2.75) is 58.3 Å². The van der Waals surface area contributed by atoms with Crippen LogP contribution in [0, 0.1) is 0 Å². The molecule has 124 valence electrons. The van der Waals surface area contributed by atoms with E-state index in [1.807, 2.05) is 6.07 Å². The maximum absolute atomic E-state index is 12.6. The van der Waals surface area contributed by atoms with Crippen molar-refractivity contribution in [3.63, 3.8) is 0 Å². The van der Waals surface area contributed by atoms with Gasteiger partial charge >= 0.3 is 0 Å². The Labute approximate surface area is 141 Å². The van der Waals surface area contributed by atoms with Gasteiger partial charge in [-0.1, -0.05) is 27.2 Å². The minimum absolute atomic E-state index is 0.0746. The van der Waals surface area contributed by atoms with E-state index in [-0.39, 0.29) is 11.3 Å². The molecule has 1 aliphatic carbocycles. The highest BCUT2D eigenvalue weighted by Crippen LogP contribution is 2.29. The van der Waals surface area contributed by atoms with E-state index in [9.17, 15) is 4.79 Å². The van der Waals surface area contributed by atoms with Crippen LogP contribution in [0.3, 0.4) is 0 Å². The van der Waals surface area contributed by atoms with E-state index >= 15 is 0 Å². The molecule has 5 nitrogen and oxygen atoms in total. The molecular weight excluding hydrogens is 308 g/mol. The molecular formula is C17H24N4OS. The molecule has 0 bridgehead atoms. The smallest absolute Gasteiger partial charge is 0.275 e. The lowest BCUT2D eigenvalue weighted by atomic mass is 9.92. The number of aryl methyl sites for hydroxylation is 3. The van der Waals surface area contributed by atoms with Gasteiger partial charge < -0.3 is 0 Å². The van der Waals surface area contributed by atoms with Crippen LogP contribution in [-0.2, 0) is 25.3 Å². The summed E-state index contributed by atoms with van der Waals surface area (Å²) >= 11 is 1.62. The lowest BCUT2D eigenvalue weighted by molar-refractivity contribution is 0.101. The Balaban J connectivity index is 1.78. The number of amides is 1. The van der Waals surface area contributed by atoms with E-state index in [1.165, 1.54) is 29.8 Å². The summed E-state index contributed by atoms with van der Waals surface area (Å²) in [4.78, 5) is 18.5. The van der Waals surface area contributed by atoms with Gasteiger partial charge in [0.15, 0.2) is 5.13 Å². The van der Waals surface area contributed by atoms with E-state index in [1.54, 1.807) is 23.1 Å². The second-order valence-electron chi connectivity index (χ2n) is 7.19. The summed E-state index contributed by atoms with van der Waals surface area (Å²) in [6, 6.07) is 1.87. The quantitative estimate of drug-likeness (QED) is 0.853. The van der Waals surface area contributed by atoms with Gasteiger partial charge in [-0.05, 0) is 31.7 Å². The molecule has 0 saturated heterocycles. The Morgan fingerprint density at radius 2 is 2.00 bits per heavy atom. The second-order valence-corrected chi connectivity index (χ2v) is 8.28. The number of nitrogens with zero attached hydrogens (tertiary/aromatic N) is 3. The predicted octanol–water partition coefficient (Wildman–Crippen LogP) is 3.70. The first-order valence-electron chi connectivity index (χ1n) is 8.19. The van der Waals surface area contributed by atoms with Crippen molar-refractivity contribution in [2.24, 2.45) is 7.05 Å². The first kappa shape index (κ1) is 16.2. The van der Waals surface area contributed by atoms with Gasteiger partial charge in [-0.25, -0.2) is 4.98 Å². The molecule has 0 fully saturated rings. The molecule has 23 heavy (non-hydrogen) atoms. The van der Waals surface area contributed by atoms with Gasteiger partial charge in [0.05, 0.1) is 11.4 Å². The van der Waals surface area contributed by atoms with Crippen molar-refractivity contribution in [2.75, 3.05) is 5.32 Å². The first-order valence-corrected chi connectivity index (χ1v) is 9.00. The fourth-order valence-electron chi connectivity index (χ4n) is 2.79. The lowest BCUT2D eigenvalue weighted by Crippen LogP contribution is -2.16. The number of hydrogen-bond donors (Lipinski definition) is 1. The SMILES string of the molecule is Cn1nc(C(C)(C)C)cc1C(=O)Nc1nc2c(s1)CCCCC2. The zero-order valence-electron chi connectivity index (χ0n) is 14.3. The third kappa shape index (κ3) is 3.47. The summed E-state index contributed by atoms with van der Waals surface area (Å²) in [5.74, 6) is -0.139. The second kappa shape index (κ2) is 6.07. The van der Waals surface area contributed by atoms with Crippen LogP contribution in [0.5, 0.6) is 0 Å². The summed E-state index contributed by atoms with van der Waals surface area (Å²) in [7, 11) is 1.81. The zero-order chi connectivity index (χ0) is 16.6. The number of carbonyl (C=O) groups is 1. The minimum Gasteiger partial charge on any atom is -0.296 e. The third-order valence-electron chi connectivity index (χ3n) is 4.20. The average molecular weight is 332 g/mol. The molecule has 3 rings (SSSR count). The third-order valence-corrected chi connectivity index (χ3v) is 5.27. The lowest BCUT2D eigenvalue weighted by Gasteiger charge is -2.13. The number of rotatable bonds is 2. The predicted molar refractivity (Wildman–Crippen MR) is 93.2 cm³/mol. The standard InChI is InChI=1S/C17H24N4OS/c1-17(2,3)14-10-12(21(4)20-14)15(22)19-16-18-11-8-6-5-7-9-13(11)23-16/h10H,5-9H2,1-4H3,(H,18,19,22). The molecule has 1 N–H and O–H groups in total. The molecule has 0 unspecified atom stereocenters. The molecule has 2 aromatic heterocycles. The van der Waals surface area contributed by atoms with Crippen LogP contribution in [-0.4, -0.2) is 20.7 Å². The number of thiazole rings is 1. The van der Waals surface area contributed by atoms with Crippen LogP contribution in [0.1, 0.15) is 66.8 Å². The van der Waals surface area contributed by atoms with Crippen LogP contribution in [0.15, 0.2) is 6.07 Å². The molecule has 1 amide bonds. The fourth-order valence-corrected chi connectivity index (χ4v) is 3.83. The van der Waals surface area contributed by atoms with Gasteiger partial charge in [-0.2, -0.15) is 5.10 Å². The Morgan fingerprint density at radius 3 is 2.70 bits per heavy atom. The topological polar surface area (TPSA) is 59.8 Å². The van der Waals surface area contributed by atoms with Crippen LogP contribution in [0.25, 0.3) is 0 Å². The number of hydrogen-bond acceptors (Lipinski definition) is 4. The molecule has 2 aromatic rings. The molecule has 0 saturated carbocycles. The van der Waals surface area contributed by atoms with E-state index in [4.69, 9.17) is 0 Å². The van der Waals surface area contributed by atoms with Crippen molar-refractivity contribution in [1.82, 2.24) is 14.8 Å². The van der Waals surface area contributed by atoms with Gasteiger partial charge in [-0.3, -0.25) is 14.8 Å². The van der Waals surface area contributed by atoms with Crippen molar-refractivity contribution < 1.29 is 4.79 Å². The van der Waals surface area contributed by atoms with E-state index in [2.05, 4.69) is 36.2 Å². The molecule has 2 heterocycles.